The standard InChI is InChI=1S/C14H19ClN4/c15-12-9-10(14(16)17)1-4-13(12)19-7-5-18(6-8-19)11-2-3-11/h1,4,9,11H,2-3,5-8H2,(H3,16,17). The van der Waals surface area contributed by atoms with Gasteiger partial charge in [-0.1, -0.05) is 11.6 Å². The van der Waals surface area contributed by atoms with Gasteiger partial charge in [-0.05, 0) is 31.0 Å². The van der Waals surface area contributed by atoms with Crippen molar-refractivity contribution in [3.05, 3.63) is 28.8 Å². The minimum Gasteiger partial charge on any atom is -0.384 e. The van der Waals surface area contributed by atoms with Crippen molar-refractivity contribution in [1.82, 2.24) is 4.90 Å². The first-order chi connectivity index (χ1) is 9.15. The highest BCUT2D eigenvalue weighted by atomic mass is 35.5. The molecule has 0 amide bonds. The van der Waals surface area contributed by atoms with Crippen LogP contribution in [0.3, 0.4) is 0 Å². The lowest BCUT2D eigenvalue weighted by Crippen LogP contribution is -2.47. The fourth-order valence-electron chi connectivity index (χ4n) is 2.70. The summed E-state index contributed by atoms with van der Waals surface area (Å²) in [6.07, 6.45) is 2.74. The molecule has 5 heteroatoms. The third kappa shape index (κ3) is 2.69. The highest BCUT2D eigenvalue weighted by Gasteiger charge is 2.31. The number of halogens is 1. The van der Waals surface area contributed by atoms with Crippen LogP contribution < -0.4 is 10.6 Å². The summed E-state index contributed by atoms with van der Waals surface area (Å²) in [4.78, 5) is 4.90. The van der Waals surface area contributed by atoms with E-state index in [1.165, 1.54) is 12.8 Å². The molecule has 1 saturated heterocycles. The summed E-state index contributed by atoms with van der Waals surface area (Å²) in [6.45, 7) is 4.29. The van der Waals surface area contributed by atoms with Gasteiger partial charge in [0.2, 0.25) is 0 Å². The molecule has 19 heavy (non-hydrogen) atoms. The van der Waals surface area contributed by atoms with Gasteiger partial charge in [-0.2, -0.15) is 0 Å². The molecule has 1 heterocycles. The number of anilines is 1. The molecule has 3 rings (SSSR count). The summed E-state index contributed by atoms with van der Waals surface area (Å²) in [7, 11) is 0. The average molecular weight is 279 g/mol. The summed E-state index contributed by atoms with van der Waals surface area (Å²) < 4.78 is 0. The number of nitrogens with two attached hydrogens (primary N) is 1. The molecule has 1 saturated carbocycles. The highest BCUT2D eigenvalue weighted by molar-refractivity contribution is 6.33. The van der Waals surface area contributed by atoms with Crippen LogP contribution in [-0.4, -0.2) is 43.0 Å². The van der Waals surface area contributed by atoms with Crippen LogP contribution in [0.4, 0.5) is 5.69 Å². The lowest BCUT2D eigenvalue weighted by atomic mass is 10.1. The van der Waals surface area contributed by atoms with Crippen LogP contribution in [0.2, 0.25) is 5.02 Å². The van der Waals surface area contributed by atoms with Crippen LogP contribution in [0.1, 0.15) is 18.4 Å². The molecule has 1 aliphatic heterocycles. The summed E-state index contributed by atoms with van der Waals surface area (Å²) in [6, 6.07) is 6.48. The zero-order chi connectivity index (χ0) is 13.4. The van der Waals surface area contributed by atoms with Gasteiger partial charge in [0.1, 0.15) is 5.84 Å². The van der Waals surface area contributed by atoms with Crippen LogP contribution in [-0.2, 0) is 0 Å². The maximum absolute atomic E-state index is 7.43. The van der Waals surface area contributed by atoms with Gasteiger partial charge in [-0.3, -0.25) is 10.3 Å². The molecule has 0 unspecified atom stereocenters. The first kappa shape index (κ1) is 12.8. The Labute approximate surface area is 118 Å². The first-order valence-corrected chi connectivity index (χ1v) is 7.16. The van der Waals surface area contributed by atoms with E-state index >= 15 is 0 Å². The molecule has 0 aromatic heterocycles. The number of nitrogen functional groups attached to an aromatic ring is 1. The number of benzene rings is 1. The molecule has 4 nitrogen and oxygen atoms in total. The van der Waals surface area contributed by atoms with Crippen LogP contribution in [0, 0.1) is 5.41 Å². The van der Waals surface area contributed by atoms with Crippen molar-refractivity contribution < 1.29 is 0 Å². The molecule has 1 aromatic carbocycles. The minimum absolute atomic E-state index is 0.0620. The predicted octanol–water partition coefficient (Wildman–Crippen LogP) is 1.91. The molecule has 1 aliphatic carbocycles. The smallest absolute Gasteiger partial charge is 0.122 e. The van der Waals surface area contributed by atoms with Crippen LogP contribution in [0.25, 0.3) is 0 Å². The molecule has 2 fully saturated rings. The van der Waals surface area contributed by atoms with Crippen molar-refractivity contribution in [1.29, 1.82) is 5.41 Å². The number of nitrogens with one attached hydrogen (secondary N) is 1. The van der Waals surface area contributed by atoms with Gasteiger partial charge in [0.15, 0.2) is 0 Å². The van der Waals surface area contributed by atoms with Gasteiger partial charge in [-0.25, -0.2) is 0 Å². The maximum atomic E-state index is 7.43. The molecule has 3 N–H and O–H groups in total. The number of amidine groups is 1. The summed E-state index contributed by atoms with van der Waals surface area (Å²) in [5.41, 5.74) is 7.22. The van der Waals surface area contributed by atoms with E-state index in [0.29, 0.717) is 10.6 Å². The largest absolute Gasteiger partial charge is 0.384 e. The van der Waals surface area contributed by atoms with Gasteiger partial charge in [0.05, 0.1) is 10.7 Å². The van der Waals surface area contributed by atoms with E-state index in [2.05, 4.69) is 9.80 Å². The van der Waals surface area contributed by atoms with Crippen LogP contribution in [0.15, 0.2) is 18.2 Å². The van der Waals surface area contributed by atoms with Crippen LogP contribution >= 0.6 is 11.6 Å². The normalized spacial score (nSPS) is 20.6. The predicted molar refractivity (Wildman–Crippen MR) is 79.3 cm³/mol. The number of hydrogen-bond acceptors (Lipinski definition) is 3. The van der Waals surface area contributed by atoms with Crippen molar-refractivity contribution in [2.75, 3.05) is 31.1 Å². The summed E-state index contributed by atoms with van der Waals surface area (Å²) in [5, 5.41) is 8.11. The molecule has 1 aromatic rings. The number of piperazine rings is 1. The number of hydrogen-bond donors (Lipinski definition) is 2. The molecule has 102 valence electrons. The van der Waals surface area contributed by atoms with E-state index < -0.39 is 0 Å². The van der Waals surface area contributed by atoms with Gasteiger partial charge in [-0.15, -0.1) is 0 Å². The molecule has 0 spiro atoms. The Bertz CT molecular complexity index is 490. The third-order valence-corrected chi connectivity index (χ3v) is 4.28. The molecule has 0 radical (unpaired) electrons. The van der Waals surface area contributed by atoms with E-state index in [9.17, 15) is 0 Å². The fourth-order valence-corrected chi connectivity index (χ4v) is 3.00. The van der Waals surface area contributed by atoms with E-state index in [1.54, 1.807) is 6.07 Å². The van der Waals surface area contributed by atoms with Gasteiger partial charge in [0, 0.05) is 37.8 Å². The van der Waals surface area contributed by atoms with E-state index in [4.69, 9.17) is 22.7 Å². The minimum atomic E-state index is 0.0620. The Kier molecular flexibility index (Phi) is 3.37. The Morgan fingerprint density at radius 3 is 2.42 bits per heavy atom. The summed E-state index contributed by atoms with van der Waals surface area (Å²) in [5.74, 6) is 0.0620. The van der Waals surface area contributed by atoms with Crippen molar-refractivity contribution in [2.45, 2.75) is 18.9 Å². The maximum Gasteiger partial charge on any atom is 0.122 e. The SMILES string of the molecule is N=C(N)c1ccc(N2CCN(C3CC3)CC2)c(Cl)c1. The highest BCUT2D eigenvalue weighted by Crippen LogP contribution is 2.31. The molecular weight excluding hydrogens is 260 g/mol. The molecule has 0 bridgehead atoms. The Morgan fingerprint density at radius 1 is 1.21 bits per heavy atom. The second-order valence-electron chi connectivity index (χ2n) is 5.33. The van der Waals surface area contributed by atoms with Gasteiger partial charge < -0.3 is 10.6 Å². The molecular formula is C14H19ClN4. The van der Waals surface area contributed by atoms with Crippen molar-refractivity contribution >= 4 is 23.1 Å². The van der Waals surface area contributed by atoms with Gasteiger partial charge in [0.25, 0.3) is 0 Å². The second kappa shape index (κ2) is 5.02. The summed E-state index contributed by atoms with van der Waals surface area (Å²) >= 11 is 6.31. The van der Waals surface area contributed by atoms with E-state index in [-0.39, 0.29) is 5.84 Å². The third-order valence-electron chi connectivity index (χ3n) is 3.98. The number of rotatable bonds is 3. The Hall–Kier alpha value is -1.26. The number of nitrogens with zero attached hydrogens (tertiary/aromatic N) is 2. The lowest BCUT2D eigenvalue weighted by molar-refractivity contribution is 0.248. The van der Waals surface area contributed by atoms with E-state index in [0.717, 1.165) is 37.9 Å². The quantitative estimate of drug-likeness (QED) is 0.656. The Morgan fingerprint density at radius 2 is 1.89 bits per heavy atom. The van der Waals surface area contributed by atoms with E-state index in [1.807, 2.05) is 12.1 Å². The zero-order valence-corrected chi connectivity index (χ0v) is 11.7. The first-order valence-electron chi connectivity index (χ1n) is 6.78. The monoisotopic (exact) mass is 278 g/mol. The topological polar surface area (TPSA) is 56.4 Å². The Balaban J connectivity index is 1.70. The average Bonchev–Trinajstić information content (AvgIpc) is 3.23. The molecule has 0 atom stereocenters. The fraction of sp³-hybridized carbons (Fsp3) is 0.500. The van der Waals surface area contributed by atoms with Crippen LogP contribution in [0.5, 0.6) is 0 Å². The zero-order valence-electron chi connectivity index (χ0n) is 10.9. The molecule has 2 aliphatic rings. The van der Waals surface area contributed by atoms with Gasteiger partial charge >= 0.3 is 0 Å². The second-order valence-corrected chi connectivity index (χ2v) is 5.74. The van der Waals surface area contributed by atoms with Crippen molar-refractivity contribution in [3.63, 3.8) is 0 Å². The lowest BCUT2D eigenvalue weighted by Gasteiger charge is -2.36. The van der Waals surface area contributed by atoms with Crippen molar-refractivity contribution in [3.8, 4) is 0 Å². The van der Waals surface area contributed by atoms with Crippen molar-refractivity contribution in [2.24, 2.45) is 5.73 Å².